The summed E-state index contributed by atoms with van der Waals surface area (Å²) in [5, 5.41) is 2.98. The maximum atomic E-state index is 12.0. The van der Waals surface area contributed by atoms with Crippen molar-refractivity contribution in [2.75, 3.05) is 25.5 Å². The second-order valence-electron chi connectivity index (χ2n) is 5.79. The Labute approximate surface area is 133 Å². The number of benzene rings is 2. The van der Waals surface area contributed by atoms with Crippen molar-refractivity contribution in [3.63, 3.8) is 0 Å². The van der Waals surface area contributed by atoms with E-state index in [-0.39, 0.29) is 5.91 Å². The molecule has 0 unspecified atom stereocenters. The molecular weight excluding hydrogens is 272 g/mol. The fourth-order valence-electron chi connectivity index (χ4n) is 2.34. The first kappa shape index (κ1) is 16.1. The maximum Gasteiger partial charge on any atom is 0.251 e. The van der Waals surface area contributed by atoms with Gasteiger partial charge in [0.25, 0.3) is 5.91 Å². The first-order valence-corrected chi connectivity index (χ1v) is 7.67. The quantitative estimate of drug-likeness (QED) is 0.828. The van der Waals surface area contributed by atoms with Crippen LogP contribution < -0.4 is 10.2 Å². The number of anilines is 1. The van der Waals surface area contributed by atoms with Crippen LogP contribution in [0.25, 0.3) is 0 Å². The first-order valence-electron chi connectivity index (χ1n) is 7.67. The van der Waals surface area contributed by atoms with Crippen molar-refractivity contribution >= 4 is 11.6 Å². The standard InChI is InChI=1S/C19H24N2O/c1-15-6-4-8-17(14-15)19(22)20-13-5-7-16-9-11-18(12-10-16)21(2)3/h4,6,8-12,14H,5,7,13H2,1-3H3,(H,20,22). The van der Waals surface area contributed by atoms with Crippen molar-refractivity contribution in [3.05, 3.63) is 65.2 Å². The van der Waals surface area contributed by atoms with Crippen LogP contribution in [-0.4, -0.2) is 26.5 Å². The van der Waals surface area contributed by atoms with Crippen LogP contribution in [0.2, 0.25) is 0 Å². The molecule has 0 atom stereocenters. The zero-order chi connectivity index (χ0) is 15.9. The van der Waals surface area contributed by atoms with Crippen molar-refractivity contribution in [2.24, 2.45) is 0 Å². The second-order valence-corrected chi connectivity index (χ2v) is 5.79. The summed E-state index contributed by atoms with van der Waals surface area (Å²) < 4.78 is 0. The van der Waals surface area contributed by atoms with Gasteiger partial charge in [-0.15, -0.1) is 0 Å². The molecule has 3 heteroatoms. The van der Waals surface area contributed by atoms with Crippen LogP contribution in [0.3, 0.4) is 0 Å². The highest BCUT2D eigenvalue weighted by atomic mass is 16.1. The average Bonchev–Trinajstić information content (AvgIpc) is 2.51. The Kier molecular flexibility index (Phi) is 5.59. The van der Waals surface area contributed by atoms with Gasteiger partial charge in [0.1, 0.15) is 0 Å². The number of carbonyl (C=O) groups excluding carboxylic acids is 1. The summed E-state index contributed by atoms with van der Waals surface area (Å²) in [5.41, 5.74) is 4.34. The first-order chi connectivity index (χ1) is 10.6. The molecule has 22 heavy (non-hydrogen) atoms. The van der Waals surface area contributed by atoms with E-state index in [1.165, 1.54) is 11.3 Å². The Morgan fingerprint density at radius 2 is 1.82 bits per heavy atom. The highest BCUT2D eigenvalue weighted by Crippen LogP contribution is 2.13. The van der Waals surface area contributed by atoms with Gasteiger partial charge in [0, 0.05) is 31.9 Å². The van der Waals surface area contributed by atoms with Crippen molar-refractivity contribution in [1.82, 2.24) is 5.32 Å². The summed E-state index contributed by atoms with van der Waals surface area (Å²) in [5.74, 6) is 0.00616. The van der Waals surface area contributed by atoms with Crippen LogP contribution in [-0.2, 0) is 6.42 Å². The molecule has 0 saturated carbocycles. The van der Waals surface area contributed by atoms with Gasteiger partial charge in [-0.2, -0.15) is 0 Å². The van der Waals surface area contributed by atoms with E-state index < -0.39 is 0 Å². The van der Waals surface area contributed by atoms with Gasteiger partial charge < -0.3 is 10.2 Å². The van der Waals surface area contributed by atoms with Crippen molar-refractivity contribution in [1.29, 1.82) is 0 Å². The molecule has 0 heterocycles. The molecular formula is C19H24N2O. The SMILES string of the molecule is Cc1cccc(C(=O)NCCCc2ccc(N(C)C)cc2)c1. The summed E-state index contributed by atoms with van der Waals surface area (Å²) >= 11 is 0. The summed E-state index contributed by atoms with van der Waals surface area (Å²) in [6, 6.07) is 16.2. The van der Waals surface area contributed by atoms with Gasteiger partial charge in [0.2, 0.25) is 0 Å². The Balaban J connectivity index is 1.76. The number of nitrogens with zero attached hydrogens (tertiary/aromatic N) is 1. The molecule has 0 aliphatic heterocycles. The number of nitrogens with one attached hydrogen (secondary N) is 1. The lowest BCUT2D eigenvalue weighted by Crippen LogP contribution is -2.24. The van der Waals surface area contributed by atoms with Crippen LogP contribution in [0, 0.1) is 6.92 Å². The van der Waals surface area contributed by atoms with Crippen LogP contribution in [0.4, 0.5) is 5.69 Å². The van der Waals surface area contributed by atoms with Crippen LogP contribution in [0.5, 0.6) is 0 Å². The Morgan fingerprint density at radius 3 is 2.45 bits per heavy atom. The summed E-state index contributed by atoms with van der Waals surface area (Å²) in [4.78, 5) is 14.1. The predicted octanol–water partition coefficient (Wildman–Crippen LogP) is 3.42. The molecule has 2 rings (SSSR count). The summed E-state index contributed by atoms with van der Waals surface area (Å²) in [6.07, 6.45) is 1.92. The van der Waals surface area contributed by atoms with Gasteiger partial charge in [-0.05, 0) is 49.6 Å². The van der Waals surface area contributed by atoms with Gasteiger partial charge in [-0.25, -0.2) is 0 Å². The van der Waals surface area contributed by atoms with Crippen molar-refractivity contribution in [3.8, 4) is 0 Å². The third-order valence-corrected chi connectivity index (χ3v) is 3.66. The maximum absolute atomic E-state index is 12.0. The molecule has 0 saturated heterocycles. The molecule has 0 fully saturated rings. The minimum atomic E-state index is 0.00616. The van der Waals surface area contributed by atoms with Crippen molar-refractivity contribution in [2.45, 2.75) is 19.8 Å². The molecule has 0 aliphatic carbocycles. The molecule has 0 radical (unpaired) electrons. The highest BCUT2D eigenvalue weighted by Gasteiger charge is 2.04. The predicted molar refractivity (Wildman–Crippen MR) is 92.6 cm³/mol. The lowest BCUT2D eigenvalue weighted by Gasteiger charge is -2.12. The minimum Gasteiger partial charge on any atom is -0.378 e. The van der Waals surface area contributed by atoms with E-state index in [0.717, 1.165) is 24.0 Å². The highest BCUT2D eigenvalue weighted by molar-refractivity contribution is 5.94. The lowest BCUT2D eigenvalue weighted by atomic mass is 10.1. The average molecular weight is 296 g/mol. The normalized spacial score (nSPS) is 10.3. The molecule has 0 spiro atoms. The molecule has 0 aliphatic rings. The van der Waals surface area contributed by atoms with Gasteiger partial charge >= 0.3 is 0 Å². The zero-order valence-electron chi connectivity index (χ0n) is 13.6. The number of carbonyl (C=O) groups is 1. The number of hydrogen-bond donors (Lipinski definition) is 1. The molecule has 1 N–H and O–H groups in total. The third kappa shape index (κ3) is 4.62. The number of hydrogen-bond acceptors (Lipinski definition) is 2. The van der Waals surface area contributed by atoms with Gasteiger partial charge in [0.15, 0.2) is 0 Å². The van der Waals surface area contributed by atoms with Crippen LogP contribution in [0.1, 0.15) is 27.9 Å². The minimum absolute atomic E-state index is 0.00616. The Hall–Kier alpha value is -2.29. The summed E-state index contributed by atoms with van der Waals surface area (Å²) in [7, 11) is 4.08. The van der Waals surface area contributed by atoms with Gasteiger partial charge in [-0.1, -0.05) is 29.8 Å². The number of amides is 1. The van der Waals surface area contributed by atoms with E-state index in [0.29, 0.717) is 6.54 Å². The molecule has 2 aromatic carbocycles. The molecule has 3 nitrogen and oxygen atoms in total. The number of rotatable bonds is 6. The molecule has 1 amide bonds. The monoisotopic (exact) mass is 296 g/mol. The molecule has 0 bridgehead atoms. The van der Waals surface area contributed by atoms with E-state index in [1.807, 2.05) is 45.3 Å². The van der Waals surface area contributed by atoms with E-state index >= 15 is 0 Å². The zero-order valence-corrected chi connectivity index (χ0v) is 13.6. The smallest absolute Gasteiger partial charge is 0.251 e. The van der Waals surface area contributed by atoms with Crippen LogP contribution >= 0.6 is 0 Å². The van der Waals surface area contributed by atoms with E-state index in [1.54, 1.807) is 0 Å². The lowest BCUT2D eigenvalue weighted by molar-refractivity contribution is 0.0953. The topological polar surface area (TPSA) is 32.3 Å². The third-order valence-electron chi connectivity index (χ3n) is 3.66. The number of aryl methyl sites for hydroxylation is 2. The van der Waals surface area contributed by atoms with Crippen molar-refractivity contribution < 1.29 is 4.79 Å². The molecule has 2 aromatic rings. The fraction of sp³-hybridized carbons (Fsp3) is 0.316. The van der Waals surface area contributed by atoms with Crippen LogP contribution in [0.15, 0.2) is 48.5 Å². The van der Waals surface area contributed by atoms with Gasteiger partial charge in [-0.3, -0.25) is 4.79 Å². The molecule has 116 valence electrons. The fourth-order valence-corrected chi connectivity index (χ4v) is 2.34. The summed E-state index contributed by atoms with van der Waals surface area (Å²) in [6.45, 7) is 2.69. The van der Waals surface area contributed by atoms with E-state index in [4.69, 9.17) is 0 Å². The second kappa shape index (κ2) is 7.64. The largest absolute Gasteiger partial charge is 0.378 e. The molecule has 0 aromatic heterocycles. The Morgan fingerprint density at radius 1 is 1.09 bits per heavy atom. The van der Waals surface area contributed by atoms with Gasteiger partial charge in [0.05, 0.1) is 0 Å². The van der Waals surface area contributed by atoms with E-state index in [2.05, 4.69) is 34.5 Å². The van der Waals surface area contributed by atoms with E-state index in [9.17, 15) is 4.79 Å². The Bertz CT molecular complexity index is 618.